The predicted molar refractivity (Wildman–Crippen MR) is 103 cm³/mol. The lowest BCUT2D eigenvalue weighted by molar-refractivity contribution is 0.101. The number of hydrogen-bond acceptors (Lipinski definition) is 5. The Bertz CT molecular complexity index is 1060. The molecule has 144 valence electrons. The molecule has 0 saturated heterocycles. The summed E-state index contributed by atoms with van der Waals surface area (Å²) in [5, 5.41) is 14.6. The molecular formula is C20H21N5O3. The molecule has 0 radical (unpaired) electrons. The molecule has 8 nitrogen and oxygen atoms in total. The monoisotopic (exact) mass is 379 g/mol. The normalized spacial score (nSPS) is 15.5. The van der Waals surface area contributed by atoms with Crippen molar-refractivity contribution in [3.63, 3.8) is 0 Å². The van der Waals surface area contributed by atoms with Gasteiger partial charge in [-0.3, -0.25) is 14.6 Å². The Morgan fingerprint density at radius 3 is 2.79 bits per heavy atom. The molecule has 2 N–H and O–H groups in total. The number of anilines is 1. The van der Waals surface area contributed by atoms with Crippen LogP contribution in [0.2, 0.25) is 0 Å². The number of rotatable bonds is 4. The van der Waals surface area contributed by atoms with Crippen LogP contribution in [-0.4, -0.2) is 39.1 Å². The fourth-order valence-electron chi connectivity index (χ4n) is 3.52. The molecule has 0 spiro atoms. The van der Waals surface area contributed by atoms with Crippen molar-refractivity contribution in [1.29, 1.82) is 0 Å². The molecule has 8 heteroatoms. The molecule has 1 amide bonds. The molecule has 0 bridgehead atoms. The molecule has 1 aliphatic heterocycles. The molecule has 0 atom stereocenters. The van der Waals surface area contributed by atoms with Crippen molar-refractivity contribution in [2.24, 2.45) is 7.05 Å². The molecule has 2 aromatic heterocycles. The Morgan fingerprint density at radius 1 is 1.21 bits per heavy atom. The fourth-order valence-corrected chi connectivity index (χ4v) is 3.52. The molecule has 5 rings (SSSR count). The number of amides is 1. The van der Waals surface area contributed by atoms with Crippen molar-refractivity contribution in [3.05, 3.63) is 41.3 Å². The number of aromatic amines is 1. The van der Waals surface area contributed by atoms with Gasteiger partial charge >= 0.3 is 0 Å². The minimum Gasteiger partial charge on any atom is -0.486 e. The van der Waals surface area contributed by atoms with Gasteiger partial charge in [-0.05, 0) is 43.5 Å². The lowest BCUT2D eigenvalue weighted by Gasteiger charge is -2.19. The zero-order valence-electron chi connectivity index (χ0n) is 15.8. The topological polar surface area (TPSA) is 94.1 Å². The minimum absolute atomic E-state index is 0.229. The smallest absolute Gasteiger partial charge is 0.275 e. The highest BCUT2D eigenvalue weighted by Gasteiger charge is 2.28. The van der Waals surface area contributed by atoms with Crippen LogP contribution in [0.3, 0.4) is 0 Å². The Hall–Kier alpha value is -3.29. The molecule has 1 fully saturated rings. The van der Waals surface area contributed by atoms with Crippen LogP contribution in [0.4, 0.5) is 5.82 Å². The summed E-state index contributed by atoms with van der Waals surface area (Å²) in [6.45, 7) is 2.99. The standard InChI is InChI=1S/C20H21N5O3/c1-11-18(13-5-6-16-17(9-13)28-8-7-27-16)19(23-22-11)21-20(26)15-10-14(12-3-4-12)24-25(15)2/h5-6,9-10,12H,3-4,7-8H2,1-2H3,(H2,21,22,23,26). The van der Waals surface area contributed by atoms with E-state index < -0.39 is 0 Å². The van der Waals surface area contributed by atoms with Crippen molar-refractivity contribution in [2.45, 2.75) is 25.7 Å². The zero-order chi connectivity index (χ0) is 19.3. The van der Waals surface area contributed by atoms with Crippen LogP contribution in [0.1, 0.15) is 40.6 Å². The highest BCUT2D eigenvalue weighted by Crippen LogP contribution is 2.40. The van der Waals surface area contributed by atoms with Gasteiger partial charge in [0.2, 0.25) is 0 Å². The third-order valence-electron chi connectivity index (χ3n) is 5.14. The molecule has 0 unspecified atom stereocenters. The largest absolute Gasteiger partial charge is 0.486 e. The first-order valence-corrected chi connectivity index (χ1v) is 9.40. The first kappa shape index (κ1) is 16.9. The summed E-state index contributed by atoms with van der Waals surface area (Å²) >= 11 is 0. The van der Waals surface area contributed by atoms with Crippen molar-refractivity contribution >= 4 is 11.7 Å². The summed E-state index contributed by atoms with van der Waals surface area (Å²) in [6.07, 6.45) is 2.29. The van der Waals surface area contributed by atoms with E-state index >= 15 is 0 Å². The molecule has 1 aliphatic carbocycles. The molecule has 2 aliphatic rings. The van der Waals surface area contributed by atoms with Gasteiger partial charge in [-0.2, -0.15) is 10.2 Å². The van der Waals surface area contributed by atoms with Gasteiger partial charge in [-0.15, -0.1) is 0 Å². The van der Waals surface area contributed by atoms with Gasteiger partial charge < -0.3 is 14.8 Å². The first-order chi connectivity index (χ1) is 13.6. The molecule has 28 heavy (non-hydrogen) atoms. The number of H-pyrrole nitrogens is 1. The second-order valence-corrected chi connectivity index (χ2v) is 7.24. The number of nitrogens with one attached hydrogen (secondary N) is 2. The Kier molecular flexibility index (Phi) is 3.85. The average molecular weight is 379 g/mol. The summed E-state index contributed by atoms with van der Waals surface area (Å²) < 4.78 is 12.9. The number of carbonyl (C=O) groups is 1. The van der Waals surface area contributed by atoms with Gasteiger partial charge in [0.25, 0.3) is 5.91 Å². The van der Waals surface area contributed by atoms with Gasteiger partial charge in [0.05, 0.1) is 5.69 Å². The van der Waals surface area contributed by atoms with E-state index in [-0.39, 0.29) is 5.91 Å². The zero-order valence-corrected chi connectivity index (χ0v) is 15.8. The molecule has 1 saturated carbocycles. The lowest BCUT2D eigenvalue weighted by atomic mass is 10.0. The van der Waals surface area contributed by atoms with Crippen molar-refractivity contribution < 1.29 is 14.3 Å². The van der Waals surface area contributed by atoms with Crippen LogP contribution in [0.5, 0.6) is 11.5 Å². The Labute approximate surface area is 161 Å². The number of fused-ring (bicyclic) bond motifs is 1. The van der Waals surface area contributed by atoms with E-state index in [0.29, 0.717) is 36.4 Å². The van der Waals surface area contributed by atoms with Crippen molar-refractivity contribution in [3.8, 4) is 22.6 Å². The number of hydrogen-bond donors (Lipinski definition) is 2. The van der Waals surface area contributed by atoms with Crippen LogP contribution < -0.4 is 14.8 Å². The summed E-state index contributed by atoms with van der Waals surface area (Å²) in [5.74, 6) is 2.17. The van der Waals surface area contributed by atoms with Crippen LogP contribution in [0.15, 0.2) is 24.3 Å². The summed E-state index contributed by atoms with van der Waals surface area (Å²) in [7, 11) is 1.79. The maximum atomic E-state index is 12.8. The van der Waals surface area contributed by atoms with Gasteiger partial charge in [0.15, 0.2) is 17.3 Å². The number of aromatic nitrogens is 4. The maximum absolute atomic E-state index is 12.8. The second-order valence-electron chi connectivity index (χ2n) is 7.24. The SMILES string of the molecule is Cc1[nH]nc(NC(=O)c2cc(C3CC3)nn2C)c1-c1ccc2c(c1)OCCO2. The van der Waals surface area contributed by atoms with Gasteiger partial charge in [0, 0.05) is 24.2 Å². The summed E-state index contributed by atoms with van der Waals surface area (Å²) in [5.41, 5.74) is 4.09. The third-order valence-corrected chi connectivity index (χ3v) is 5.14. The predicted octanol–water partition coefficient (Wildman–Crippen LogP) is 3.02. The molecule has 1 aromatic carbocycles. The van der Waals surface area contributed by atoms with Crippen molar-refractivity contribution in [1.82, 2.24) is 20.0 Å². The number of carbonyl (C=O) groups excluding carboxylic acids is 1. The average Bonchev–Trinajstić information content (AvgIpc) is 3.38. The fraction of sp³-hybridized carbons (Fsp3) is 0.350. The quantitative estimate of drug-likeness (QED) is 0.727. The van der Waals surface area contributed by atoms with E-state index in [1.54, 1.807) is 11.7 Å². The third kappa shape index (κ3) is 2.90. The van der Waals surface area contributed by atoms with E-state index in [9.17, 15) is 4.79 Å². The second kappa shape index (κ2) is 6.40. The van der Waals surface area contributed by atoms with Crippen molar-refractivity contribution in [2.75, 3.05) is 18.5 Å². The van der Waals surface area contributed by atoms with Crippen LogP contribution in [-0.2, 0) is 7.05 Å². The van der Waals surface area contributed by atoms with Crippen LogP contribution in [0.25, 0.3) is 11.1 Å². The molecule has 3 heterocycles. The summed E-state index contributed by atoms with van der Waals surface area (Å²) in [4.78, 5) is 12.8. The number of ether oxygens (including phenoxy) is 2. The minimum atomic E-state index is -0.229. The Balaban J connectivity index is 1.45. The van der Waals surface area contributed by atoms with E-state index in [1.165, 1.54) is 0 Å². The van der Waals surface area contributed by atoms with E-state index in [1.807, 2.05) is 31.2 Å². The van der Waals surface area contributed by atoms with E-state index in [0.717, 1.165) is 41.1 Å². The highest BCUT2D eigenvalue weighted by atomic mass is 16.6. The first-order valence-electron chi connectivity index (χ1n) is 9.40. The van der Waals surface area contributed by atoms with E-state index in [2.05, 4.69) is 20.6 Å². The van der Waals surface area contributed by atoms with Gasteiger partial charge in [0.1, 0.15) is 18.9 Å². The number of aryl methyl sites for hydroxylation is 2. The van der Waals surface area contributed by atoms with Gasteiger partial charge in [-0.1, -0.05) is 6.07 Å². The lowest BCUT2D eigenvalue weighted by Crippen LogP contribution is -2.17. The molecule has 3 aromatic rings. The number of benzene rings is 1. The maximum Gasteiger partial charge on any atom is 0.275 e. The molecular weight excluding hydrogens is 358 g/mol. The summed E-state index contributed by atoms with van der Waals surface area (Å²) in [6, 6.07) is 7.61. The highest BCUT2D eigenvalue weighted by molar-refractivity contribution is 6.04. The van der Waals surface area contributed by atoms with Crippen LogP contribution in [0, 0.1) is 6.92 Å². The van der Waals surface area contributed by atoms with Gasteiger partial charge in [-0.25, -0.2) is 0 Å². The number of nitrogens with zero attached hydrogens (tertiary/aromatic N) is 3. The Morgan fingerprint density at radius 2 is 2.00 bits per heavy atom. The van der Waals surface area contributed by atoms with Crippen LogP contribution >= 0.6 is 0 Å². The van der Waals surface area contributed by atoms with E-state index in [4.69, 9.17) is 9.47 Å².